The van der Waals surface area contributed by atoms with Gasteiger partial charge in [0.25, 0.3) is 0 Å². The van der Waals surface area contributed by atoms with Gasteiger partial charge in [0.2, 0.25) is 5.91 Å². The third kappa shape index (κ3) is 6.69. The number of nitrogens with one attached hydrogen (secondary N) is 1. The maximum Gasteiger partial charge on any atom is 0.220 e. The molecule has 2 N–H and O–H groups in total. The Morgan fingerprint density at radius 3 is 2.45 bits per heavy atom. The second-order valence-corrected chi connectivity index (χ2v) is 4.92. The molecule has 1 rings (SSSR count). The van der Waals surface area contributed by atoms with Crippen LogP contribution in [0.15, 0.2) is 24.3 Å². The topological polar surface area (TPSA) is 84.9 Å². The van der Waals surface area contributed by atoms with E-state index in [1.807, 2.05) is 0 Å². The molecule has 1 aromatic rings. The van der Waals surface area contributed by atoms with E-state index < -0.39 is 6.10 Å². The lowest BCUT2D eigenvalue weighted by Gasteiger charge is -2.10. The highest BCUT2D eigenvalue weighted by molar-refractivity contribution is 5.96. The lowest BCUT2D eigenvalue weighted by atomic mass is 10.1. The number of hydrogen-bond donors (Lipinski definition) is 2. The quantitative estimate of drug-likeness (QED) is 0.634. The molecule has 22 heavy (non-hydrogen) atoms. The summed E-state index contributed by atoms with van der Waals surface area (Å²) in [5.41, 5.74) is 0.608. The van der Waals surface area contributed by atoms with Crippen molar-refractivity contribution in [3.05, 3.63) is 29.8 Å². The molecular formula is C16H23NO5. The Labute approximate surface area is 130 Å². The molecule has 0 aromatic heterocycles. The van der Waals surface area contributed by atoms with Gasteiger partial charge in [0, 0.05) is 32.1 Å². The maximum atomic E-state index is 11.9. The molecule has 1 atom stereocenters. The number of methoxy groups -OCH3 is 2. The lowest BCUT2D eigenvalue weighted by Crippen LogP contribution is -2.34. The molecule has 0 saturated carbocycles. The van der Waals surface area contributed by atoms with Crippen LogP contribution in [0.3, 0.4) is 0 Å². The average Bonchev–Trinajstić information content (AvgIpc) is 2.53. The minimum atomic E-state index is -0.713. The second-order valence-electron chi connectivity index (χ2n) is 4.92. The molecule has 0 saturated heterocycles. The fourth-order valence-corrected chi connectivity index (χ4v) is 1.90. The third-order valence-corrected chi connectivity index (χ3v) is 3.11. The molecule has 0 radical (unpaired) electrons. The molecule has 0 fully saturated rings. The first-order chi connectivity index (χ1) is 10.6. The Kier molecular flexibility index (Phi) is 8.17. The molecule has 0 aliphatic heterocycles. The van der Waals surface area contributed by atoms with Gasteiger partial charge in [0.1, 0.15) is 5.75 Å². The van der Waals surface area contributed by atoms with Crippen LogP contribution in [0.25, 0.3) is 0 Å². The van der Waals surface area contributed by atoms with Gasteiger partial charge in [-0.25, -0.2) is 0 Å². The van der Waals surface area contributed by atoms with Crippen molar-refractivity contribution in [3.8, 4) is 5.75 Å². The summed E-state index contributed by atoms with van der Waals surface area (Å²) in [6, 6.07) is 6.89. The van der Waals surface area contributed by atoms with Crippen LogP contribution in [0.2, 0.25) is 0 Å². The van der Waals surface area contributed by atoms with Gasteiger partial charge < -0.3 is 19.9 Å². The van der Waals surface area contributed by atoms with Crippen LogP contribution in [-0.2, 0) is 9.53 Å². The van der Waals surface area contributed by atoms with Crippen LogP contribution >= 0.6 is 0 Å². The monoisotopic (exact) mass is 309 g/mol. The summed E-state index contributed by atoms with van der Waals surface area (Å²) in [6.45, 7) is 0.329. The molecule has 0 heterocycles. The largest absolute Gasteiger partial charge is 0.497 e. The molecule has 0 bridgehead atoms. The molecule has 0 unspecified atom stereocenters. The van der Waals surface area contributed by atoms with Gasteiger partial charge in [-0.15, -0.1) is 0 Å². The predicted molar refractivity (Wildman–Crippen MR) is 82.1 cm³/mol. The summed E-state index contributed by atoms with van der Waals surface area (Å²) < 4.78 is 9.79. The molecule has 122 valence electrons. The van der Waals surface area contributed by atoms with Gasteiger partial charge in [-0.3, -0.25) is 9.59 Å². The van der Waals surface area contributed by atoms with Gasteiger partial charge in [0.15, 0.2) is 5.78 Å². The smallest absolute Gasteiger partial charge is 0.220 e. The van der Waals surface area contributed by atoms with E-state index >= 15 is 0 Å². The highest BCUT2D eigenvalue weighted by Crippen LogP contribution is 2.13. The first-order valence-corrected chi connectivity index (χ1v) is 7.17. The van der Waals surface area contributed by atoms with Crippen molar-refractivity contribution in [2.75, 3.05) is 27.4 Å². The molecule has 6 nitrogen and oxygen atoms in total. The minimum absolute atomic E-state index is 0.00475. The molecule has 1 amide bonds. The number of benzene rings is 1. The van der Waals surface area contributed by atoms with E-state index in [-0.39, 0.29) is 31.3 Å². The van der Waals surface area contributed by atoms with E-state index in [2.05, 4.69) is 5.32 Å². The van der Waals surface area contributed by atoms with Crippen LogP contribution in [0.1, 0.15) is 29.6 Å². The summed E-state index contributed by atoms with van der Waals surface area (Å²) in [4.78, 5) is 23.5. The SMILES string of the molecule is COC[C@H](O)CNC(=O)CCCC(=O)c1ccc(OC)cc1. The van der Waals surface area contributed by atoms with E-state index in [4.69, 9.17) is 9.47 Å². The summed E-state index contributed by atoms with van der Waals surface area (Å²) in [6.07, 6.45) is 0.314. The summed E-state index contributed by atoms with van der Waals surface area (Å²) in [5.74, 6) is 0.512. The van der Waals surface area contributed by atoms with Crippen LogP contribution in [0.4, 0.5) is 0 Å². The number of ether oxygens (including phenoxy) is 2. The zero-order chi connectivity index (χ0) is 16.4. The fraction of sp³-hybridized carbons (Fsp3) is 0.500. The second kappa shape index (κ2) is 9.92. The zero-order valence-corrected chi connectivity index (χ0v) is 13.0. The average molecular weight is 309 g/mol. The van der Waals surface area contributed by atoms with E-state index in [1.54, 1.807) is 31.4 Å². The highest BCUT2D eigenvalue weighted by Gasteiger charge is 2.09. The summed E-state index contributed by atoms with van der Waals surface area (Å²) in [7, 11) is 3.05. The molecule has 0 spiro atoms. The minimum Gasteiger partial charge on any atom is -0.497 e. The molecule has 1 aromatic carbocycles. The number of hydrogen-bond acceptors (Lipinski definition) is 5. The van der Waals surface area contributed by atoms with E-state index in [1.165, 1.54) is 7.11 Å². The number of carbonyl (C=O) groups is 2. The molecule has 0 aliphatic carbocycles. The van der Waals surface area contributed by atoms with Crippen LogP contribution < -0.4 is 10.1 Å². The normalized spacial score (nSPS) is 11.8. The number of Topliss-reactive ketones (excluding diaryl/α,β-unsaturated/α-hetero) is 1. The van der Waals surface area contributed by atoms with Crippen LogP contribution in [0.5, 0.6) is 5.75 Å². The Morgan fingerprint density at radius 1 is 1.18 bits per heavy atom. The van der Waals surface area contributed by atoms with Crippen molar-refractivity contribution in [2.45, 2.75) is 25.4 Å². The van der Waals surface area contributed by atoms with E-state index in [9.17, 15) is 14.7 Å². The zero-order valence-electron chi connectivity index (χ0n) is 13.0. The van der Waals surface area contributed by atoms with Crippen molar-refractivity contribution in [2.24, 2.45) is 0 Å². The first kappa shape index (κ1) is 18.1. The number of rotatable bonds is 10. The van der Waals surface area contributed by atoms with E-state index in [0.717, 1.165) is 0 Å². The van der Waals surface area contributed by atoms with Crippen molar-refractivity contribution < 1.29 is 24.2 Å². The number of amides is 1. The van der Waals surface area contributed by atoms with Crippen molar-refractivity contribution in [3.63, 3.8) is 0 Å². The number of aliphatic hydroxyl groups is 1. The van der Waals surface area contributed by atoms with E-state index in [0.29, 0.717) is 24.2 Å². The molecular weight excluding hydrogens is 286 g/mol. The lowest BCUT2D eigenvalue weighted by molar-refractivity contribution is -0.121. The third-order valence-electron chi connectivity index (χ3n) is 3.11. The standard InChI is InChI=1S/C16H23NO5/c1-21-11-13(18)10-17-16(20)5-3-4-15(19)12-6-8-14(22-2)9-7-12/h6-9,13,18H,3-5,10-11H2,1-2H3,(H,17,20)/t13-/m1/s1. The van der Waals surface area contributed by atoms with Crippen LogP contribution in [-0.4, -0.2) is 50.3 Å². The fourth-order valence-electron chi connectivity index (χ4n) is 1.90. The van der Waals surface area contributed by atoms with Gasteiger partial charge in [0.05, 0.1) is 19.8 Å². The Hall–Kier alpha value is -1.92. The Bertz CT molecular complexity index is 472. The summed E-state index contributed by atoms with van der Waals surface area (Å²) in [5, 5.41) is 12.0. The number of ketones is 1. The van der Waals surface area contributed by atoms with Gasteiger partial charge >= 0.3 is 0 Å². The van der Waals surface area contributed by atoms with Crippen molar-refractivity contribution in [1.82, 2.24) is 5.32 Å². The Balaban J connectivity index is 2.25. The van der Waals surface area contributed by atoms with Crippen molar-refractivity contribution in [1.29, 1.82) is 0 Å². The van der Waals surface area contributed by atoms with Gasteiger partial charge in [-0.05, 0) is 30.7 Å². The maximum absolute atomic E-state index is 11.9. The van der Waals surface area contributed by atoms with Crippen molar-refractivity contribution >= 4 is 11.7 Å². The molecule has 0 aliphatic rings. The number of carbonyl (C=O) groups excluding carboxylic acids is 2. The predicted octanol–water partition coefficient (Wildman–Crippen LogP) is 1.17. The van der Waals surface area contributed by atoms with Gasteiger partial charge in [-0.2, -0.15) is 0 Å². The number of aliphatic hydroxyl groups excluding tert-OH is 1. The Morgan fingerprint density at radius 2 is 1.86 bits per heavy atom. The summed E-state index contributed by atoms with van der Waals surface area (Å²) >= 11 is 0. The molecule has 6 heteroatoms. The van der Waals surface area contributed by atoms with Crippen LogP contribution in [0, 0.1) is 0 Å². The first-order valence-electron chi connectivity index (χ1n) is 7.17. The highest BCUT2D eigenvalue weighted by atomic mass is 16.5. The van der Waals surface area contributed by atoms with Gasteiger partial charge in [-0.1, -0.05) is 0 Å².